The van der Waals surface area contributed by atoms with Crippen molar-refractivity contribution in [3.8, 4) is 0 Å². The smallest absolute Gasteiger partial charge is 0.287 e. The highest BCUT2D eigenvalue weighted by Gasteiger charge is 2.22. The van der Waals surface area contributed by atoms with Crippen LogP contribution in [0.25, 0.3) is 11.0 Å². The van der Waals surface area contributed by atoms with E-state index in [1.54, 1.807) is 12.1 Å². The molecule has 0 unspecified atom stereocenters. The molecule has 0 aliphatic carbocycles. The van der Waals surface area contributed by atoms with Gasteiger partial charge in [0, 0.05) is 10.8 Å². The number of nitrogens with one attached hydrogen (secondary N) is 1. The number of para-hydroxylation sites is 1. The molecule has 0 aliphatic rings. The van der Waals surface area contributed by atoms with Crippen molar-refractivity contribution in [2.45, 2.75) is 20.8 Å². The summed E-state index contributed by atoms with van der Waals surface area (Å²) in [6, 6.07) is 9.06. The van der Waals surface area contributed by atoms with E-state index in [0.717, 1.165) is 5.39 Å². The highest BCUT2D eigenvalue weighted by molar-refractivity contribution is 5.98. The highest BCUT2D eigenvalue weighted by atomic mass is 16.3. The van der Waals surface area contributed by atoms with E-state index in [9.17, 15) is 9.59 Å². The maximum Gasteiger partial charge on any atom is 0.287 e. The molecule has 2 rings (SSSR count). The van der Waals surface area contributed by atoms with Crippen molar-refractivity contribution in [3.63, 3.8) is 0 Å². The van der Waals surface area contributed by atoms with Gasteiger partial charge in [0.2, 0.25) is 0 Å². The number of amides is 1. The molecule has 1 amide bonds. The standard InChI is InChI=1S/C15H17NO3/c1-15(2,3)13(17)9-16-14(18)12-8-10-6-4-5-7-11(10)19-12/h4-8H,9H2,1-3H3,(H,16,18). The van der Waals surface area contributed by atoms with Gasteiger partial charge in [-0.2, -0.15) is 0 Å². The molecule has 0 aliphatic heterocycles. The summed E-state index contributed by atoms with van der Waals surface area (Å²) in [6.07, 6.45) is 0. The predicted octanol–water partition coefficient (Wildman–Crippen LogP) is 2.78. The van der Waals surface area contributed by atoms with Crippen LogP contribution in [-0.4, -0.2) is 18.2 Å². The van der Waals surface area contributed by atoms with Gasteiger partial charge in [-0.15, -0.1) is 0 Å². The first kappa shape index (κ1) is 13.3. The Morgan fingerprint density at radius 1 is 1.21 bits per heavy atom. The van der Waals surface area contributed by atoms with Crippen molar-refractivity contribution >= 4 is 22.7 Å². The second-order valence-electron chi connectivity index (χ2n) is 5.50. The van der Waals surface area contributed by atoms with Gasteiger partial charge >= 0.3 is 0 Å². The van der Waals surface area contributed by atoms with Crippen LogP contribution in [0.3, 0.4) is 0 Å². The van der Waals surface area contributed by atoms with Crippen LogP contribution in [0.5, 0.6) is 0 Å². The van der Waals surface area contributed by atoms with Crippen LogP contribution in [0.2, 0.25) is 0 Å². The molecule has 4 heteroatoms. The summed E-state index contributed by atoms with van der Waals surface area (Å²) in [5.41, 5.74) is 0.205. The Morgan fingerprint density at radius 3 is 2.53 bits per heavy atom. The lowest BCUT2D eigenvalue weighted by Gasteiger charge is -2.16. The number of carbonyl (C=O) groups is 2. The summed E-state index contributed by atoms with van der Waals surface area (Å²) in [5, 5.41) is 3.45. The normalized spacial score (nSPS) is 11.5. The average Bonchev–Trinajstić information content (AvgIpc) is 2.78. The molecule has 4 nitrogen and oxygen atoms in total. The number of furan rings is 1. The molecule has 0 saturated carbocycles. The van der Waals surface area contributed by atoms with Gasteiger partial charge in [-0.3, -0.25) is 9.59 Å². The van der Waals surface area contributed by atoms with Crippen molar-refractivity contribution in [2.24, 2.45) is 5.41 Å². The third kappa shape index (κ3) is 3.02. The second-order valence-corrected chi connectivity index (χ2v) is 5.50. The van der Waals surface area contributed by atoms with Crippen molar-refractivity contribution in [3.05, 3.63) is 36.1 Å². The Bertz CT molecular complexity index is 587. The minimum Gasteiger partial charge on any atom is -0.451 e. The third-order valence-corrected chi connectivity index (χ3v) is 2.90. The van der Waals surface area contributed by atoms with Crippen molar-refractivity contribution in [1.82, 2.24) is 5.32 Å². The SMILES string of the molecule is CC(C)(C)C(=O)CNC(=O)c1cc2ccccc2o1. The number of hydrogen-bond acceptors (Lipinski definition) is 3. The van der Waals surface area contributed by atoms with E-state index in [4.69, 9.17) is 4.42 Å². The van der Waals surface area contributed by atoms with Crippen LogP contribution in [0, 0.1) is 5.41 Å². The highest BCUT2D eigenvalue weighted by Crippen LogP contribution is 2.19. The molecular formula is C15H17NO3. The molecule has 0 atom stereocenters. The van der Waals surface area contributed by atoms with Gasteiger partial charge in [-0.1, -0.05) is 39.0 Å². The van der Waals surface area contributed by atoms with Crippen LogP contribution in [-0.2, 0) is 4.79 Å². The third-order valence-electron chi connectivity index (χ3n) is 2.90. The predicted molar refractivity (Wildman–Crippen MR) is 73.0 cm³/mol. The van der Waals surface area contributed by atoms with Crippen LogP contribution in [0.15, 0.2) is 34.7 Å². The lowest BCUT2D eigenvalue weighted by Crippen LogP contribution is -2.35. The number of fused-ring (bicyclic) bond motifs is 1. The van der Waals surface area contributed by atoms with E-state index >= 15 is 0 Å². The fourth-order valence-electron chi connectivity index (χ4n) is 1.61. The first-order chi connectivity index (χ1) is 8.88. The number of hydrogen-bond donors (Lipinski definition) is 1. The fourth-order valence-corrected chi connectivity index (χ4v) is 1.61. The Morgan fingerprint density at radius 2 is 1.89 bits per heavy atom. The summed E-state index contributed by atoms with van der Waals surface area (Å²) in [4.78, 5) is 23.6. The minimum atomic E-state index is -0.457. The molecule has 2 aromatic rings. The topological polar surface area (TPSA) is 59.3 Å². The van der Waals surface area contributed by atoms with Gasteiger partial charge in [0.05, 0.1) is 6.54 Å². The Hall–Kier alpha value is -2.10. The lowest BCUT2D eigenvalue weighted by atomic mass is 9.91. The molecule has 19 heavy (non-hydrogen) atoms. The molecule has 1 aromatic heterocycles. The lowest BCUT2D eigenvalue weighted by molar-refractivity contribution is -0.125. The zero-order valence-corrected chi connectivity index (χ0v) is 11.3. The minimum absolute atomic E-state index is 0.0133. The number of ketones is 1. The van der Waals surface area contributed by atoms with Gasteiger partial charge in [0.25, 0.3) is 5.91 Å². The molecular weight excluding hydrogens is 242 g/mol. The number of rotatable bonds is 3. The summed E-state index contributed by atoms with van der Waals surface area (Å²) >= 11 is 0. The maximum absolute atomic E-state index is 11.9. The van der Waals surface area contributed by atoms with Crippen molar-refractivity contribution in [2.75, 3.05) is 6.54 Å². The number of Topliss-reactive ketones (excluding diaryl/α,β-unsaturated/α-hetero) is 1. The molecule has 1 aromatic carbocycles. The van der Waals surface area contributed by atoms with Crippen LogP contribution >= 0.6 is 0 Å². The first-order valence-electron chi connectivity index (χ1n) is 6.18. The van der Waals surface area contributed by atoms with Gasteiger partial charge in [-0.25, -0.2) is 0 Å². The van der Waals surface area contributed by atoms with E-state index in [2.05, 4.69) is 5.32 Å². The molecule has 0 radical (unpaired) electrons. The molecule has 1 N–H and O–H groups in total. The molecule has 100 valence electrons. The molecule has 1 heterocycles. The Labute approximate surface area is 111 Å². The van der Waals surface area contributed by atoms with E-state index in [0.29, 0.717) is 5.58 Å². The fraction of sp³-hybridized carbons (Fsp3) is 0.333. The quantitative estimate of drug-likeness (QED) is 0.922. The summed E-state index contributed by atoms with van der Waals surface area (Å²) < 4.78 is 5.42. The van der Waals surface area contributed by atoms with Gasteiger partial charge in [0.15, 0.2) is 11.5 Å². The van der Waals surface area contributed by atoms with Gasteiger partial charge < -0.3 is 9.73 Å². The average molecular weight is 259 g/mol. The summed E-state index contributed by atoms with van der Waals surface area (Å²) in [5.74, 6) is -0.159. The first-order valence-corrected chi connectivity index (χ1v) is 6.18. The largest absolute Gasteiger partial charge is 0.451 e. The molecule has 0 fully saturated rings. The van der Waals surface area contributed by atoms with Gasteiger partial charge in [0.1, 0.15) is 5.58 Å². The summed E-state index contributed by atoms with van der Waals surface area (Å²) in [6.45, 7) is 5.48. The van der Waals surface area contributed by atoms with Crippen LogP contribution in [0.1, 0.15) is 31.3 Å². The van der Waals surface area contributed by atoms with Gasteiger partial charge in [-0.05, 0) is 12.1 Å². The second kappa shape index (κ2) is 4.88. The number of carbonyl (C=O) groups excluding carboxylic acids is 2. The van der Waals surface area contributed by atoms with Crippen molar-refractivity contribution in [1.29, 1.82) is 0 Å². The Kier molecular flexibility index (Phi) is 3.42. The molecule has 0 spiro atoms. The zero-order valence-electron chi connectivity index (χ0n) is 11.3. The van der Waals surface area contributed by atoms with E-state index in [1.165, 1.54) is 0 Å². The number of benzene rings is 1. The molecule has 0 saturated heterocycles. The monoisotopic (exact) mass is 259 g/mol. The van der Waals surface area contributed by atoms with Crippen LogP contribution < -0.4 is 5.32 Å². The van der Waals surface area contributed by atoms with E-state index in [1.807, 2.05) is 39.0 Å². The van der Waals surface area contributed by atoms with Crippen LogP contribution in [0.4, 0.5) is 0 Å². The Balaban J connectivity index is 2.06. The molecule has 0 bridgehead atoms. The zero-order chi connectivity index (χ0) is 14.0. The van der Waals surface area contributed by atoms with E-state index < -0.39 is 5.41 Å². The summed E-state index contributed by atoms with van der Waals surface area (Å²) in [7, 11) is 0. The van der Waals surface area contributed by atoms with Crippen molar-refractivity contribution < 1.29 is 14.0 Å². The maximum atomic E-state index is 11.9. The van der Waals surface area contributed by atoms with E-state index in [-0.39, 0.29) is 24.0 Å².